The third-order valence-electron chi connectivity index (χ3n) is 0.607. The molecule has 0 unspecified atom stereocenters. The van der Waals surface area contributed by atoms with Gasteiger partial charge in [-0.3, -0.25) is 10.6 Å². The second kappa shape index (κ2) is 3.26. The van der Waals surface area contributed by atoms with Crippen LogP contribution in [0.1, 0.15) is 6.42 Å². The molecule has 0 rings (SSSR count). The first kappa shape index (κ1) is 7.23. The molecule has 2 N–H and O–H groups in total. The van der Waals surface area contributed by atoms with Gasteiger partial charge < -0.3 is 4.92 Å². The number of nitrogens with two attached hydrogens (primary N) is 1. The molecule has 0 saturated heterocycles. The van der Waals surface area contributed by atoms with E-state index in [0.717, 1.165) is 0 Å². The fourth-order valence-electron chi connectivity index (χ4n) is 0.229. The van der Waals surface area contributed by atoms with Crippen LogP contribution in [0, 0.1) is 0 Å². The van der Waals surface area contributed by atoms with Gasteiger partial charge in [0.05, 0.1) is 0 Å². The van der Waals surface area contributed by atoms with Crippen LogP contribution in [0.2, 0.25) is 0 Å². The van der Waals surface area contributed by atoms with E-state index in [2.05, 4.69) is 6.58 Å². The lowest BCUT2D eigenvalue weighted by molar-refractivity contribution is -0.125. The van der Waals surface area contributed by atoms with Crippen LogP contribution in [-0.2, 0) is 4.79 Å². The maximum Gasteiger partial charge on any atom is 0.257 e. The molecule has 0 aliphatic carbocycles. The molecule has 4 heteroatoms. The van der Waals surface area contributed by atoms with Crippen molar-refractivity contribution in [2.75, 3.05) is 0 Å². The van der Waals surface area contributed by atoms with E-state index in [4.69, 9.17) is 13.8 Å². The molecular formula is C4H7BN2O. The average Bonchev–Trinajstić information content (AvgIpc) is 1.67. The van der Waals surface area contributed by atoms with Crippen molar-refractivity contribution in [2.24, 2.45) is 5.84 Å². The van der Waals surface area contributed by atoms with Gasteiger partial charge in [0.1, 0.15) is 0 Å². The van der Waals surface area contributed by atoms with E-state index in [1.54, 1.807) is 0 Å². The van der Waals surface area contributed by atoms with Gasteiger partial charge in [-0.1, -0.05) is 6.08 Å². The fourth-order valence-corrected chi connectivity index (χ4v) is 0.229. The molecule has 1 amide bonds. The third kappa shape index (κ3) is 2.42. The van der Waals surface area contributed by atoms with Gasteiger partial charge in [-0.2, -0.15) is 0 Å². The molecule has 0 fully saturated rings. The lowest BCUT2D eigenvalue weighted by Gasteiger charge is -2.06. The highest BCUT2D eigenvalue weighted by molar-refractivity contribution is 6.13. The minimum Gasteiger partial charge on any atom is -0.340 e. The van der Waals surface area contributed by atoms with Gasteiger partial charge in [0.2, 0.25) is 5.91 Å². The molecule has 0 aromatic carbocycles. The third-order valence-corrected chi connectivity index (χ3v) is 0.607. The Kier molecular flexibility index (Phi) is 2.95. The lowest BCUT2D eigenvalue weighted by atomic mass is 10.3. The molecule has 0 heterocycles. The van der Waals surface area contributed by atoms with Gasteiger partial charge in [0, 0.05) is 6.42 Å². The van der Waals surface area contributed by atoms with E-state index < -0.39 is 0 Å². The summed E-state index contributed by atoms with van der Waals surface area (Å²) in [5.74, 6) is 4.49. The zero-order valence-corrected chi connectivity index (χ0v) is 4.50. The number of nitrogens with zero attached hydrogens (tertiary/aromatic N) is 1. The monoisotopic (exact) mass is 110 g/mol. The Hall–Kier alpha value is -0.765. The van der Waals surface area contributed by atoms with E-state index in [1.807, 2.05) is 0 Å². The van der Waals surface area contributed by atoms with Crippen LogP contribution in [0.5, 0.6) is 0 Å². The molecule has 0 saturated carbocycles. The highest BCUT2D eigenvalue weighted by Crippen LogP contribution is 1.81. The lowest BCUT2D eigenvalue weighted by Crippen LogP contribution is -2.33. The van der Waals surface area contributed by atoms with Crippen molar-refractivity contribution in [1.82, 2.24) is 4.92 Å². The van der Waals surface area contributed by atoms with Crippen LogP contribution in [0.15, 0.2) is 12.7 Å². The number of amides is 1. The van der Waals surface area contributed by atoms with Gasteiger partial charge in [-0.25, -0.2) is 0 Å². The van der Waals surface area contributed by atoms with Crippen LogP contribution in [0.3, 0.4) is 0 Å². The van der Waals surface area contributed by atoms with Crippen molar-refractivity contribution in [3.63, 3.8) is 0 Å². The minimum absolute atomic E-state index is 0.187. The van der Waals surface area contributed by atoms with Crippen LogP contribution in [0.4, 0.5) is 0 Å². The van der Waals surface area contributed by atoms with E-state index in [-0.39, 0.29) is 12.3 Å². The van der Waals surface area contributed by atoms with Gasteiger partial charge in [-0.05, 0) is 0 Å². The Balaban J connectivity index is 3.48. The smallest absolute Gasteiger partial charge is 0.257 e. The Morgan fingerprint density at radius 1 is 2.00 bits per heavy atom. The maximum absolute atomic E-state index is 10.3. The normalized spacial score (nSPS) is 8.12. The second-order valence-electron chi connectivity index (χ2n) is 1.29. The van der Waals surface area contributed by atoms with Crippen molar-refractivity contribution in [3.8, 4) is 0 Å². The van der Waals surface area contributed by atoms with Gasteiger partial charge in [0.15, 0.2) is 0 Å². The Labute approximate surface area is 49.6 Å². The quantitative estimate of drug-likeness (QED) is 0.169. The summed E-state index contributed by atoms with van der Waals surface area (Å²) in [6.07, 6.45) is 1.63. The summed E-state index contributed by atoms with van der Waals surface area (Å²) in [6.45, 7) is 3.32. The number of hydrazine groups is 1. The first-order chi connectivity index (χ1) is 3.68. The summed E-state index contributed by atoms with van der Waals surface area (Å²) in [5.41, 5.74) is 0. The molecule has 42 valence electrons. The predicted molar refractivity (Wildman–Crippen MR) is 31.6 cm³/mol. The van der Waals surface area contributed by atoms with E-state index in [0.29, 0.717) is 4.92 Å². The first-order valence-corrected chi connectivity index (χ1v) is 2.11. The zero-order chi connectivity index (χ0) is 6.57. The Morgan fingerprint density at radius 2 is 2.50 bits per heavy atom. The predicted octanol–water partition coefficient (Wildman–Crippen LogP) is -0.652. The first-order valence-electron chi connectivity index (χ1n) is 2.11. The van der Waals surface area contributed by atoms with Crippen LogP contribution >= 0.6 is 0 Å². The van der Waals surface area contributed by atoms with E-state index in [9.17, 15) is 4.79 Å². The summed E-state index contributed by atoms with van der Waals surface area (Å²) >= 11 is 0. The topological polar surface area (TPSA) is 46.3 Å². The van der Waals surface area contributed by atoms with Crippen molar-refractivity contribution in [2.45, 2.75) is 6.42 Å². The molecule has 0 aliphatic rings. The summed E-state index contributed by atoms with van der Waals surface area (Å²) < 4.78 is 0. The largest absolute Gasteiger partial charge is 0.340 e. The summed E-state index contributed by atoms with van der Waals surface area (Å²) in [4.78, 5) is 10.9. The fraction of sp³-hybridized carbons (Fsp3) is 0.250. The highest BCUT2D eigenvalue weighted by Gasteiger charge is 1.97. The standard InChI is InChI=1S/C4H7BN2O/c1-2-3-4(8)7(5)6/h2H,1,3,6H2. The number of carbonyl (C=O) groups excluding carboxylic acids is 1. The van der Waals surface area contributed by atoms with Crippen LogP contribution < -0.4 is 5.84 Å². The van der Waals surface area contributed by atoms with Gasteiger partial charge >= 0.3 is 0 Å². The molecule has 0 bridgehead atoms. The molecule has 3 nitrogen and oxygen atoms in total. The summed E-state index contributed by atoms with van der Waals surface area (Å²) in [7, 11) is 4.84. The number of hydrogen-bond acceptors (Lipinski definition) is 2. The van der Waals surface area contributed by atoms with Crippen molar-refractivity contribution >= 4 is 13.9 Å². The molecule has 0 spiro atoms. The van der Waals surface area contributed by atoms with Crippen molar-refractivity contribution < 1.29 is 4.79 Å². The zero-order valence-electron chi connectivity index (χ0n) is 4.50. The molecule has 8 heavy (non-hydrogen) atoms. The van der Waals surface area contributed by atoms with Crippen LogP contribution in [-0.4, -0.2) is 18.8 Å². The van der Waals surface area contributed by atoms with Crippen molar-refractivity contribution in [1.29, 1.82) is 0 Å². The second-order valence-corrected chi connectivity index (χ2v) is 1.29. The molecule has 0 aliphatic heterocycles. The Morgan fingerprint density at radius 3 is 2.62 bits per heavy atom. The molecule has 2 radical (unpaired) electrons. The maximum atomic E-state index is 10.3. The van der Waals surface area contributed by atoms with Crippen molar-refractivity contribution in [3.05, 3.63) is 12.7 Å². The molecule has 0 aromatic heterocycles. The SMILES string of the molecule is [B]N(N)C(=O)CC=C. The number of carbonyl (C=O) groups is 1. The minimum atomic E-state index is -0.347. The number of rotatable bonds is 2. The van der Waals surface area contributed by atoms with Gasteiger partial charge in [0.25, 0.3) is 7.98 Å². The van der Waals surface area contributed by atoms with E-state index >= 15 is 0 Å². The molecular weight excluding hydrogens is 103 g/mol. The highest BCUT2D eigenvalue weighted by atomic mass is 16.2. The van der Waals surface area contributed by atoms with E-state index in [1.165, 1.54) is 6.08 Å². The summed E-state index contributed by atoms with van der Waals surface area (Å²) in [6, 6.07) is 0. The number of hydrogen-bond donors (Lipinski definition) is 1. The molecule has 0 aromatic rings. The summed E-state index contributed by atoms with van der Waals surface area (Å²) in [5, 5.41) is 0. The molecule has 0 atom stereocenters. The average molecular weight is 110 g/mol. The van der Waals surface area contributed by atoms with Gasteiger partial charge in [-0.15, -0.1) is 6.58 Å². The Bertz CT molecular complexity index is 102. The van der Waals surface area contributed by atoms with Crippen LogP contribution in [0.25, 0.3) is 0 Å².